The van der Waals surface area contributed by atoms with Gasteiger partial charge in [0.05, 0.1) is 5.75 Å². The van der Waals surface area contributed by atoms with Crippen molar-refractivity contribution in [1.82, 2.24) is 0 Å². The normalized spacial score (nSPS) is 12.6. The highest BCUT2D eigenvalue weighted by atomic mass is 32.2. The van der Waals surface area contributed by atoms with Crippen LogP contribution in [0.4, 0.5) is 5.69 Å². The van der Waals surface area contributed by atoms with Crippen molar-refractivity contribution in [1.29, 1.82) is 0 Å². The summed E-state index contributed by atoms with van der Waals surface area (Å²) in [5, 5.41) is 2.65. The molecule has 3 rings (SSSR count). The summed E-state index contributed by atoms with van der Waals surface area (Å²) in [4.78, 5) is 12.1. The minimum atomic E-state index is -3.39. The fourth-order valence-corrected chi connectivity index (χ4v) is 4.17. The molecule has 2 aromatic rings. The minimum absolute atomic E-state index is 0.0394. The zero-order chi connectivity index (χ0) is 20.7. The van der Waals surface area contributed by atoms with E-state index in [4.69, 9.17) is 14.2 Å². The molecule has 156 valence electrons. The van der Waals surface area contributed by atoms with Crippen LogP contribution in [-0.2, 0) is 21.2 Å². The molecule has 0 unspecified atom stereocenters. The van der Waals surface area contributed by atoms with Gasteiger partial charge in [0, 0.05) is 11.8 Å². The van der Waals surface area contributed by atoms with Crippen molar-refractivity contribution in [2.24, 2.45) is 0 Å². The Hall–Kier alpha value is -2.74. The molecule has 2 aromatic carbocycles. The third kappa shape index (κ3) is 6.39. The first kappa shape index (κ1) is 21.0. The number of carbonyl (C=O) groups is 1. The van der Waals surface area contributed by atoms with E-state index in [1.54, 1.807) is 36.4 Å². The highest BCUT2D eigenvalue weighted by Crippen LogP contribution is 2.35. The van der Waals surface area contributed by atoms with Gasteiger partial charge >= 0.3 is 0 Å². The first-order valence-corrected chi connectivity index (χ1v) is 11.4. The second kappa shape index (κ2) is 9.65. The molecule has 0 bridgehead atoms. The summed E-state index contributed by atoms with van der Waals surface area (Å²) in [6.45, 7) is 2.50. The molecule has 1 heterocycles. The lowest BCUT2D eigenvalue weighted by atomic mass is 10.2. The number of hydrogen-bond donors (Lipinski definition) is 1. The number of benzene rings is 2. The van der Waals surface area contributed by atoms with Gasteiger partial charge in [0.2, 0.25) is 12.7 Å². The van der Waals surface area contributed by atoms with E-state index in [0.717, 1.165) is 18.4 Å². The average Bonchev–Trinajstić information content (AvgIpc) is 3.14. The van der Waals surface area contributed by atoms with Gasteiger partial charge in [0.25, 0.3) is 0 Å². The molecule has 0 atom stereocenters. The number of nitrogens with one attached hydrogen (secondary N) is 1. The summed E-state index contributed by atoms with van der Waals surface area (Å²) >= 11 is 0. The van der Waals surface area contributed by atoms with Crippen LogP contribution in [0.15, 0.2) is 42.5 Å². The smallest absolute Gasteiger partial charge is 0.239 e. The second-order valence-corrected chi connectivity index (χ2v) is 9.04. The van der Waals surface area contributed by atoms with Crippen LogP contribution in [0.3, 0.4) is 0 Å². The van der Waals surface area contributed by atoms with Gasteiger partial charge in [0.15, 0.2) is 21.3 Å². The van der Waals surface area contributed by atoms with Gasteiger partial charge < -0.3 is 19.5 Å². The zero-order valence-corrected chi connectivity index (χ0v) is 17.2. The lowest BCUT2D eigenvalue weighted by molar-refractivity contribution is -0.113. The van der Waals surface area contributed by atoms with E-state index in [0.29, 0.717) is 36.0 Å². The van der Waals surface area contributed by atoms with Gasteiger partial charge in [-0.1, -0.05) is 31.9 Å². The first-order chi connectivity index (χ1) is 13.9. The molecule has 1 aliphatic rings. The monoisotopic (exact) mass is 419 g/mol. The largest absolute Gasteiger partial charge is 0.489 e. The Balaban J connectivity index is 1.53. The highest BCUT2D eigenvalue weighted by molar-refractivity contribution is 7.92. The average molecular weight is 419 g/mol. The molecular weight excluding hydrogens is 394 g/mol. The Morgan fingerprint density at radius 2 is 1.93 bits per heavy atom. The van der Waals surface area contributed by atoms with Crippen molar-refractivity contribution in [2.75, 3.05) is 23.6 Å². The molecule has 8 heteroatoms. The molecule has 1 amide bonds. The summed E-state index contributed by atoms with van der Waals surface area (Å²) < 4.78 is 40.4. The van der Waals surface area contributed by atoms with Crippen molar-refractivity contribution in [3.05, 3.63) is 48.0 Å². The molecular formula is C21H25NO6S. The topological polar surface area (TPSA) is 90.9 Å². The van der Waals surface area contributed by atoms with Crippen LogP contribution in [0.25, 0.3) is 0 Å². The van der Waals surface area contributed by atoms with E-state index in [9.17, 15) is 13.2 Å². The number of ether oxygens (including phenoxy) is 3. The van der Waals surface area contributed by atoms with E-state index >= 15 is 0 Å². The second-order valence-electron chi connectivity index (χ2n) is 6.85. The lowest BCUT2D eigenvalue weighted by Gasteiger charge is -2.10. The Kier molecular flexibility index (Phi) is 6.98. The van der Waals surface area contributed by atoms with Crippen molar-refractivity contribution in [3.8, 4) is 17.2 Å². The van der Waals surface area contributed by atoms with Gasteiger partial charge in [-0.2, -0.15) is 0 Å². The van der Waals surface area contributed by atoms with Crippen LogP contribution in [0, 0.1) is 0 Å². The van der Waals surface area contributed by atoms with Crippen molar-refractivity contribution >= 4 is 21.4 Å². The zero-order valence-electron chi connectivity index (χ0n) is 16.3. The summed E-state index contributed by atoms with van der Waals surface area (Å²) in [6.07, 6.45) is 2.36. The third-order valence-corrected chi connectivity index (χ3v) is 5.98. The number of fused-ring (bicyclic) bond motifs is 1. The Labute approximate surface area is 170 Å². The number of hydrogen-bond acceptors (Lipinski definition) is 6. The van der Waals surface area contributed by atoms with E-state index in [-0.39, 0.29) is 12.5 Å². The van der Waals surface area contributed by atoms with Gasteiger partial charge in [-0.15, -0.1) is 0 Å². The quantitative estimate of drug-likeness (QED) is 0.593. The fraction of sp³-hybridized carbons (Fsp3) is 0.381. The molecule has 0 aliphatic carbocycles. The van der Waals surface area contributed by atoms with E-state index < -0.39 is 21.5 Å². The maximum absolute atomic E-state index is 12.1. The molecule has 7 nitrogen and oxygen atoms in total. The molecule has 0 saturated carbocycles. The maximum atomic E-state index is 12.1. The first-order valence-electron chi connectivity index (χ1n) is 9.57. The highest BCUT2D eigenvalue weighted by Gasteiger charge is 2.17. The molecule has 29 heavy (non-hydrogen) atoms. The molecule has 0 fully saturated rings. The predicted octanol–water partition coefficient (Wildman–Crippen LogP) is 3.54. The fourth-order valence-electron chi connectivity index (χ4n) is 2.91. The van der Waals surface area contributed by atoms with Gasteiger partial charge in [-0.3, -0.25) is 4.79 Å². The Morgan fingerprint density at radius 3 is 2.76 bits per heavy atom. The molecule has 0 aromatic heterocycles. The van der Waals surface area contributed by atoms with Crippen molar-refractivity contribution < 1.29 is 27.4 Å². The molecule has 0 radical (unpaired) electrons. The van der Waals surface area contributed by atoms with Gasteiger partial charge in [-0.25, -0.2) is 8.42 Å². The minimum Gasteiger partial charge on any atom is -0.489 e. The van der Waals surface area contributed by atoms with Crippen molar-refractivity contribution in [2.45, 2.75) is 32.8 Å². The van der Waals surface area contributed by atoms with E-state index in [1.807, 2.05) is 13.0 Å². The van der Waals surface area contributed by atoms with Gasteiger partial charge in [-0.05, 0) is 36.2 Å². The molecule has 0 spiro atoms. The van der Waals surface area contributed by atoms with Crippen LogP contribution in [-0.4, -0.2) is 32.6 Å². The molecule has 0 saturated heterocycles. The SMILES string of the molecule is CCCCCS(=O)(=O)CC(=O)Nc1cccc(COc2ccc3c(c2)OCO3)c1. The Morgan fingerprint density at radius 1 is 1.10 bits per heavy atom. The number of unbranched alkanes of at least 4 members (excludes halogenated alkanes) is 2. The Bertz CT molecular complexity index is 957. The van der Waals surface area contributed by atoms with Crippen LogP contribution >= 0.6 is 0 Å². The van der Waals surface area contributed by atoms with Crippen LogP contribution < -0.4 is 19.5 Å². The summed E-state index contributed by atoms with van der Waals surface area (Å²) in [6, 6.07) is 12.5. The van der Waals surface area contributed by atoms with E-state index in [2.05, 4.69) is 5.32 Å². The number of carbonyl (C=O) groups excluding carboxylic acids is 1. The van der Waals surface area contributed by atoms with E-state index in [1.165, 1.54) is 0 Å². The lowest BCUT2D eigenvalue weighted by Crippen LogP contribution is -2.24. The summed E-state index contributed by atoms with van der Waals surface area (Å²) in [5.41, 5.74) is 1.37. The van der Waals surface area contributed by atoms with Crippen LogP contribution in [0.2, 0.25) is 0 Å². The van der Waals surface area contributed by atoms with Crippen LogP contribution in [0.5, 0.6) is 17.2 Å². The summed E-state index contributed by atoms with van der Waals surface area (Å²) in [7, 11) is -3.39. The third-order valence-electron chi connectivity index (χ3n) is 4.37. The number of rotatable bonds is 10. The number of amides is 1. The predicted molar refractivity (Wildman–Crippen MR) is 110 cm³/mol. The molecule has 1 N–H and O–H groups in total. The maximum Gasteiger partial charge on any atom is 0.239 e. The van der Waals surface area contributed by atoms with Crippen LogP contribution in [0.1, 0.15) is 31.7 Å². The molecule has 1 aliphatic heterocycles. The number of sulfone groups is 1. The number of anilines is 1. The standard InChI is InChI=1S/C21H25NO6S/c1-2-3-4-10-29(24,25)14-21(23)22-17-7-5-6-16(11-17)13-26-18-8-9-19-20(12-18)28-15-27-19/h5-9,11-12H,2-4,10,13-15H2,1H3,(H,22,23). The van der Waals surface area contributed by atoms with Crippen molar-refractivity contribution in [3.63, 3.8) is 0 Å². The summed E-state index contributed by atoms with van der Waals surface area (Å²) in [5.74, 6) is 0.972. The van der Waals surface area contributed by atoms with Gasteiger partial charge in [0.1, 0.15) is 18.1 Å².